The molecule has 1 N–H and O–H groups in total. The number of nitrogens with one attached hydrogen (secondary N) is 1. The minimum absolute atomic E-state index is 0.0938. The first-order valence-corrected chi connectivity index (χ1v) is 16.2. The van der Waals surface area contributed by atoms with Crippen molar-refractivity contribution in [3.63, 3.8) is 0 Å². The molecule has 1 saturated heterocycles. The van der Waals surface area contributed by atoms with E-state index < -0.39 is 29.0 Å². The van der Waals surface area contributed by atoms with Gasteiger partial charge in [-0.3, -0.25) is 4.79 Å². The number of ether oxygens (including phenoxy) is 3. The molecule has 3 aromatic rings. The third-order valence-electron chi connectivity index (χ3n) is 7.40. The van der Waals surface area contributed by atoms with Crippen molar-refractivity contribution in [2.24, 2.45) is 5.92 Å². The average Bonchev–Trinajstić information content (AvgIpc) is 3.44. The highest BCUT2D eigenvalue weighted by Gasteiger charge is 2.35. The highest BCUT2D eigenvalue weighted by atomic mass is 32.2. The number of hydrogen-bond acceptors (Lipinski definition) is 9. The van der Waals surface area contributed by atoms with Crippen LogP contribution in [0.25, 0.3) is 11.4 Å². The number of anilines is 1. The lowest BCUT2D eigenvalue weighted by Gasteiger charge is -2.27. The lowest BCUT2D eigenvalue weighted by Crippen LogP contribution is -2.50. The number of fused-ring (bicyclic) bond motifs is 1. The minimum Gasteiger partial charge on any atom is -0.493 e. The van der Waals surface area contributed by atoms with E-state index in [1.807, 2.05) is 45.0 Å². The highest BCUT2D eigenvalue weighted by molar-refractivity contribution is 7.99. The van der Waals surface area contributed by atoms with Crippen LogP contribution in [0.15, 0.2) is 45.8 Å². The molecule has 2 aromatic carbocycles. The van der Waals surface area contributed by atoms with Crippen molar-refractivity contribution in [2.75, 3.05) is 30.5 Å². The Balaban J connectivity index is 1.43. The summed E-state index contributed by atoms with van der Waals surface area (Å²) in [5.74, 6) is 0.961. The molecule has 45 heavy (non-hydrogen) atoms. The molecule has 3 heterocycles. The molecule has 10 nitrogen and oxygen atoms in total. The molecule has 1 fully saturated rings. The van der Waals surface area contributed by atoms with Crippen molar-refractivity contribution in [2.45, 2.75) is 82.9 Å². The van der Waals surface area contributed by atoms with E-state index in [9.17, 15) is 9.59 Å². The molecule has 1 atom stereocenters. The van der Waals surface area contributed by atoms with Crippen molar-refractivity contribution in [3.05, 3.63) is 53.7 Å². The summed E-state index contributed by atoms with van der Waals surface area (Å²) in [5.41, 5.74) is 0.262. The second kappa shape index (κ2) is 13.4. The summed E-state index contributed by atoms with van der Waals surface area (Å²) in [6, 6.07) is 9.61. The van der Waals surface area contributed by atoms with E-state index in [2.05, 4.69) is 15.5 Å². The van der Waals surface area contributed by atoms with Gasteiger partial charge in [0, 0.05) is 29.3 Å². The Morgan fingerprint density at radius 3 is 2.47 bits per heavy atom. The van der Waals surface area contributed by atoms with Gasteiger partial charge in [-0.05, 0) is 69.4 Å². The summed E-state index contributed by atoms with van der Waals surface area (Å²) in [7, 11) is 0. The first-order valence-electron chi connectivity index (χ1n) is 15.2. The topological polar surface area (TPSA) is 116 Å². The number of alkyl carbamates (subject to hydrolysis) is 1. The van der Waals surface area contributed by atoms with Crippen LogP contribution in [0.3, 0.4) is 0 Å². The van der Waals surface area contributed by atoms with Crippen molar-refractivity contribution >= 4 is 29.4 Å². The monoisotopic (exact) mass is 640 g/mol. The Morgan fingerprint density at radius 2 is 1.82 bits per heavy atom. The maximum atomic E-state index is 15.5. The molecular formula is C33H41FN4O6S. The van der Waals surface area contributed by atoms with Gasteiger partial charge in [0.25, 0.3) is 5.91 Å². The number of carbonyl (C=O) groups excluding carboxylic acids is 2. The molecule has 12 heteroatoms. The van der Waals surface area contributed by atoms with Crippen LogP contribution in [0.4, 0.5) is 14.9 Å². The van der Waals surface area contributed by atoms with Crippen LogP contribution in [0, 0.1) is 11.7 Å². The number of nitrogens with zero attached hydrogens (tertiary/aromatic N) is 3. The van der Waals surface area contributed by atoms with E-state index in [0.717, 1.165) is 37.4 Å². The Hall–Kier alpha value is -3.64. The molecule has 0 aliphatic carbocycles. The maximum Gasteiger partial charge on any atom is 0.408 e. The zero-order valence-electron chi connectivity index (χ0n) is 26.6. The van der Waals surface area contributed by atoms with Gasteiger partial charge in [-0.1, -0.05) is 38.1 Å². The van der Waals surface area contributed by atoms with E-state index in [-0.39, 0.29) is 29.6 Å². The molecule has 0 bridgehead atoms. The number of halogens is 1. The van der Waals surface area contributed by atoms with Crippen molar-refractivity contribution in [1.29, 1.82) is 0 Å². The number of benzene rings is 2. The second-order valence-corrected chi connectivity index (χ2v) is 14.5. The number of hydrogen-bond donors (Lipinski definition) is 1. The van der Waals surface area contributed by atoms with Crippen LogP contribution < -0.4 is 15.0 Å². The molecule has 2 aliphatic rings. The van der Waals surface area contributed by atoms with E-state index in [4.69, 9.17) is 18.7 Å². The zero-order valence-corrected chi connectivity index (χ0v) is 27.5. The molecule has 0 unspecified atom stereocenters. The third kappa shape index (κ3) is 8.35. The molecular weight excluding hydrogens is 599 g/mol. The van der Waals surface area contributed by atoms with Gasteiger partial charge in [0.05, 0.1) is 24.4 Å². The fourth-order valence-electron chi connectivity index (χ4n) is 4.95. The van der Waals surface area contributed by atoms with Crippen molar-refractivity contribution in [3.8, 4) is 17.1 Å². The van der Waals surface area contributed by atoms with Crippen LogP contribution in [-0.4, -0.2) is 59.4 Å². The first kappa shape index (κ1) is 32.7. The summed E-state index contributed by atoms with van der Waals surface area (Å²) in [4.78, 5) is 33.3. The minimum atomic E-state index is -0.913. The summed E-state index contributed by atoms with van der Waals surface area (Å²) >= 11 is 1.28. The molecule has 0 radical (unpaired) electrons. The fourth-order valence-corrected chi connectivity index (χ4v) is 6.02. The summed E-state index contributed by atoms with van der Waals surface area (Å²) in [5, 5.41) is 6.75. The van der Waals surface area contributed by atoms with Crippen molar-refractivity contribution < 1.29 is 32.7 Å². The van der Waals surface area contributed by atoms with Gasteiger partial charge in [0.2, 0.25) is 11.7 Å². The number of amides is 2. The quantitative estimate of drug-likeness (QED) is 0.309. The number of aromatic nitrogens is 2. The molecule has 2 amide bonds. The van der Waals surface area contributed by atoms with E-state index >= 15 is 4.39 Å². The van der Waals surface area contributed by atoms with Crippen LogP contribution in [0.5, 0.6) is 5.75 Å². The van der Waals surface area contributed by atoms with E-state index in [0.29, 0.717) is 29.0 Å². The fraction of sp³-hybridized carbons (Fsp3) is 0.515. The van der Waals surface area contributed by atoms with Gasteiger partial charge in [0.15, 0.2) is 0 Å². The van der Waals surface area contributed by atoms with E-state index in [1.165, 1.54) is 17.8 Å². The lowest BCUT2D eigenvalue weighted by atomic mass is 9.97. The standard InChI is InChI=1S/C33H41FN4O6S/c1-32(2,3)30-36-28(37-44-30)23-15-26-27(16-24(23)34)45-19-25(35-31(40)43-33(4,5)6)29(39)38(26)17-20-7-9-22(10-8-20)42-18-21-11-13-41-14-12-21/h7-10,15-16,21,25H,11-14,17-19H2,1-6H3,(H,35,40)/t25-/m0/s1. The predicted molar refractivity (Wildman–Crippen MR) is 169 cm³/mol. The summed E-state index contributed by atoms with van der Waals surface area (Å²) in [6.07, 6.45) is 1.26. The molecule has 242 valence electrons. The SMILES string of the molecule is CC(C)(C)OC(=O)N[C@H]1CSc2cc(F)c(-c3noc(C(C)(C)C)n3)cc2N(Cc2ccc(OCC3CCOCC3)cc2)C1=O. The maximum absolute atomic E-state index is 15.5. The van der Waals surface area contributed by atoms with Crippen LogP contribution in [-0.2, 0) is 26.2 Å². The van der Waals surface area contributed by atoms with Gasteiger partial charge in [-0.2, -0.15) is 4.98 Å². The van der Waals surface area contributed by atoms with Gasteiger partial charge >= 0.3 is 6.09 Å². The largest absolute Gasteiger partial charge is 0.493 e. The smallest absolute Gasteiger partial charge is 0.408 e. The second-order valence-electron chi connectivity index (χ2n) is 13.4. The normalized spacial score (nSPS) is 17.9. The van der Waals surface area contributed by atoms with Gasteiger partial charge < -0.3 is 29.0 Å². The first-order chi connectivity index (χ1) is 21.3. The van der Waals surface area contributed by atoms with Crippen LogP contribution in [0.1, 0.15) is 65.8 Å². The van der Waals surface area contributed by atoms with Crippen LogP contribution >= 0.6 is 11.8 Å². The molecule has 0 saturated carbocycles. The Kier molecular flexibility index (Phi) is 9.74. The average molecular weight is 641 g/mol. The number of thioether (sulfide) groups is 1. The number of rotatable bonds is 7. The Morgan fingerprint density at radius 1 is 1.11 bits per heavy atom. The summed E-state index contributed by atoms with van der Waals surface area (Å²) < 4.78 is 37.9. The third-order valence-corrected chi connectivity index (χ3v) is 8.54. The highest BCUT2D eigenvalue weighted by Crippen LogP contribution is 2.40. The predicted octanol–water partition coefficient (Wildman–Crippen LogP) is 6.51. The van der Waals surface area contributed by atoms with Gasteiger partial charge in [-0.15, -0.1) is 11.8 Å². The van der Waals surface area contributed by atoms with Crippen molar-refractivity contribution in [1.82, 2.24) is 15.5 Å². The van der Waals surface area contributed by atoms with Gasteiger partial charge in [-0.25, -0.2) is 9.18 Å². The molecule has 2 aliphatic heterocycles. The molecule has 5 rings (SSSR count). The van der Waals surface area contributed by atoms with Crippen LogP contribution in [0.2, 0.25) is 0 Å². The lowest BCUT2D eigenvalue weighted by molar-refractivity contribution is -0.120. The van der Waals surface area contributed by atoms with Gasteiger partial charge in [0.1, 0.15) is 23.2 Å². The number of carbonyl (C=O) groups is 2. The Labute approximate surface area is 267 Å². The summed E-state index contributed by atoms with van der Waals surface area (Å²) in [6.45, 7) is 13.3. The molecule has 1 aromatic heterocycles. The Bertz CT molecular complexity index is 1510. The zero-order chi connectivity index (χ0) is 32.4. The van der Waals surface area contributed by atoms with E-state index in [1.54, 1.807) is 31.7 Å². The molecule has 0 spiro atoms.